The van der Waals surface area contributed by atoms with Crippen molar-refractivity contribution in [3.8, 4) is 11.1 Å². The molecule has 6 rings (SSSR count). The smallest absolute Gasteiger partial charge is 0.143 e. The van der Waals surface area contributed by atoms with Crippen LogP contribution >= 0.6 is 11.3 Å². The van der Waals surface area contributed by atoms with Gasteiger partial charge in [-0.25, -0.2) is 9.97 Å². The number of thiophene rings is 1. The van der Waals surface area contributed by atoms with Gasteiger partial charge in [0, 0.05) is 37.9 Å². The number of nitrogens with zero attached hydrogens (tertiary/aromatic N) is 2. The topological polar surface area (TPSA) is 53.6 Å². The van der Waals surface area contributed by atoms with Gasteiger partial charge in [0.15, 0.2) is 0 Å². The van der Waals surface area contributed by atoms with Gasteiger partial charge in [-0.15, -0.1) is 11.3 Å². The molecule has 0 unspecified atom stereocenters. The molecule has 0 bridgehead atoms. The van der Waals surface area contributed by atoms with Crippen LogP contribution in [0.2, 0.25) is 0 Å². The van der Waals surface area contributed by atoms with E-state index in [0.717, 1.165) is 33.7 Å². The van der Waals surface area contributed by atoms with Gasteiger partial charge in [-0.2, -0.15) is 0 Å². The van der Waals surface area contributed by atoms with Crippen LogP contribution in [0.15, 0.2) is 60.9 Å². The van der Waals surface area contributed by atoms with Gasteiger partial charge in [0.2, 0.25) is 0 Å². The molecule has 5 heteroatoms. The summed E-state index contributed by atoms with van der Waals surface area (Å²) in [4.78, 5) is 15.2. The third-order valence-corrected chi connectivity index (χ3v) is 7.84. The third-order valence-electron chi connectivity index (χ3n) is 6.82. The Morgan fingerprint density at radius 1 is 0.912 bits per heavy atom. The minimum Gasteiger partial charge on any atom is -0.354 e. The van der Waals surface area contributed by atoms with Gasteiger partial charge in [-0.05, 0) is 61.6 Å². The molecule has 4 nitrogen and oxygen atoms in total. The summed E-state index contributed by atoms with van der Waals surface area (Å²) in [5, 5.41) is 7.19. The first-order valence-corrected chi connectivity index (χ1v) is 12.5. The lowest BCUT2D eigenvalue weighted by Crippen LogP contribution is -1.96. The molecule has 3 aromatic carbocycles. The Hall–Kier alpha value is -3.70. The summed E-state index contributed by atoms with van der Waals surface area (Å²) in [5.41, 5.74) is 9.72. The molecule has 0 radical (unpaired) electrons. The molecule has 0 amide bonds. The van der Waals surface area contributed by atoms with Gasteiger partial charge >= 0.3 is 0 Å². The predicted molar refractivity (Wildman–Crippen MR) is 146 cm³/mol. The maximum Gasteiger partial charge on any atom is 0.143 e. The highest BCUT2D eigenvalue weighted by atomic mass is 32.1. The number of hydrogen-bond donors (Lipinski definition) is 2. The Balaban J connectivity index is 1.48. The number of H-pyrrole nitrogens is 1. The molecule has 0 saturated carbocycles. The molecule has 0 aliphatic rings. The fraction of sp³-hybridized carbons (Fsp3) is 0.172. The Morgan fingerprint density at radius 3 is 2.62 bits per heavy atom. The number of anilines is 2. The molecular weight excluding hydrogens is 436 g/mol. The van der Waals surface area contributed by atoms with Crippen LogP contribution in [-0.4, -0.2) is 15.0 Å². The van der Waals surface area contributed by atoms with Crippen molar-refractivity contribution in [3.05, 3.63) is 82.5 Å². The fourth-order valence-corrected chi connectivity index (χ4v) is 5.89. The summed E-state index contributed by atoms with van der Waals surface area (Å²) in [6, 6.07) is 19.7. The number of fused-ring (bicyclic) bond motifs is 4. The Kier molecular flexibility index (Phi) is 4.89. The van der Waals surface area contributed by atoms with Gasteiger partial charge in [-0.3, -0.25) is 0 Å². The molecule has 168 valence electrons. The number of benzene rings is 3. The van der Waals surface area contributed by atoms with E-state index in [1.807, 2.05) is 0 Å². The van der Waals surface area contributed by atoms with E-state index in [0.29, 0.717) is 0 Å². The molecule has 3 aromatic heterocycles. The van der Waals surface area contributed by atoms with Crippen LogP contribution in [0.3, 0.4) is 0 Å². The fourth-order valence-electron chi connectivity index (χ4n) is 4.88. The van der Waals surface area contributed by atoms with Crippen LogP contribution in [0.5, 0.6) is 0 Å². The van der Waals surface area contributed by atoms with Gasteiger partial charge in [0.1, 0.15) is 17.0 Å². The van der Waals surface area contributed by atoms with Crippen LogP contribution < -0.4 is 5.32 Å². The number of hydrogen-bond acceptors (Lipinski definition) is 4. The molecular formula is C29H26N4S. The maximum atomic E-state index is 4.67. The molecule has 0 saturated heterocycles. The van der Waals surface area contributed by atoms with Gasteiger partial charge in [0.05, 0.1) is 5.39 Å². The Bertz CT molecular complexity index is 1710. The maximum absolute atomic E-state index is 4.67. The monoisotopic (exact) mass is 462 g/mol. The summed E-state index contributed by atoms with van der Waals surface area (Å²) in [5.74, 6) is 0.840. The molecule has 0 spiro atoms. The number of aryl methyl sites for hydroxylation is 4. The lowest BCUT2D eigenvalue weighted by Gasteiger charge is -2.10. The van der Waals surface area contributed by atoms with Crippen molar-refractivity contribution in [3.63, 3.8) is 0 Å². The highest BCUT2D eigenvalue weighted by Gasteiger charge is 2.18. The van der Waals surface area contributed by atoms with E-state index in [-0.39, 0.29) is 0 Å². The van der Waals surface area contributed by atoms with Crippen LogP contribution in [0.4, 0.5) is 11.5 Å². The summed E-state index contributed by atoms with van der Waals surface area (Å²) >= 11 is 1.72. The van der Waals surface area contributed by atoms with Crippen LogP contribution in [0.1, 0.15) is 28.5 Å². The van der Waals surface area contributed by atoms with Crippen molar-refractivity contribution in [2.24, 2.45) is 0 Å². The first-order valence-electron chi connectivity index (χ1n) is 11.7. The summed E-state index contributed by atoms with van der Waals surface area (Å²) in [6.45, 7) is 8.68. The highest BCUT2D eigenvalue weighted by Crippen LogP contribution is 2.41. The molecule has 0 aliphatic carbocycles. The second-order valence-electron chi connectivity index (χ2n) is 8.94. The Morgan fingerprint density at radius 2 is 1.79 bits per heavy atom. The van der Waals surface area contributed by atoms with E-state index < -0.39 is 0 Å². The average Bonchev–Trinajstić information content (AvgIpc) is 3.38. The van der Waals surface area contributed by atoms with Gasteiger partial charge in [-0.1, -0.05) is 49.4 Å². The summed E-state index contributed by atoms with van der Waals surface area (Å²) < 4.78 is 0. The SMILES string of the molecule is CCc1cccc2c1[nH]c1cc(Nc3ncnc4sc(C)c(-c5ccc(C)c(C)c5)c34)ccc12. The van der Waals surface area contributed by atoms with Crippen LogP contribution in [0, 0.1) is 20.8 Å². The minimum atomic E-state index is 0.840. The highest BCUT2D eigenvalue weighted by molar-refractivity contribution is 7.19. The van der Waals surface area contributed by atoms with Crippen LogP contribution in [-0.2, 0) is 6.42 Å². The number of para-hydroxylation sites is 1. The van der Waals surface area contributed by atoms with E-state index >= 15 is 0 Å². The second-order valence-corrected chi connectivity index (χ2v) is 10.1. The lowest BCUT2D eigenvalue weighted by molar-refractivity contribution is 1.15. The van der Waals surface area contributed by atoms with Crippen molar-refractivity contribution in [1.29, 1.82) is 0 Å². The van der Waals surface area contributed by atoms with Crippen molar-refractivity contribution >= 4 is 54.9 Å². The number of aromatic nitrogens is 3. The normalized spacial score (nSPS) is 11.6. The van der Waals surface area contributed by atoms with Crippen molar-refractivity contribution in [2.45, 2.75) is 34.1 Å². The largest absolute Gasteiger partial charge is 0.354 e. The van der Waals surface area contributed by atoms with Gasteiger partial charge < -0.3 is 10.3 Å². The standard InChI is InChI=1S/C29H26N4S/c1-5-19-7-6-8-23-22-12-11-21(14-24(22)33-27(19)23)32-28-26-25(18(4)34-29(26)31-15-30-28)20-10-9-16(2)17(3)13-20/h6-15,33H,5H2,1-4H3,(H,30,31,32). The predicted octanol–water partition coefficient (Wildman–Crippen LogP) is 8.22. The molecule has 2 N–H and O–H groups in total. The first kappa shape index (κ1) is 20.9. The second kappa shape index (κ2) is 7.96. The quantitative estimate of drug-likeness (QED) is 0.277. The third kappa shape index (κ3) is 3.27. The lowest BCUT2D eigenvalue weighted by atomic mass is 9.99. The molecule has 34 heavy (non-hydrogen) atoms. The van der Waals surface area contributed by atoms with E-state index in [2.05, 4.69) is 103 Å². The zero-order valence-electron chi connectivity index (χ0n) is 19.8. The van der Waals surface area contributed by atoms with Crippen molar-refractivity contribution in [1.82, 2.24) is 15.0 Å². The van der Waals surface area contributed by atoms with Crippen molar-refractivity contribution in [2.75, 3.05) is 5.32 Å². The molecule has 0 fully saturated rings. The zero-order chi connectivity index (χ0) is 23.4. The van der Waals surface area contributed by atoms with E-state index in [1.165, 1.54) is 49.0 Å². The first-order chi connectivity index (χ1) is 16.5. The molecule has 0 atom stereocenters. The Labute approximate surface area is 202 Å². The molecule has 0 aliphatic heterocycles. The molecule has 6 aromatic rings. The van der Waals surface area contributed by atoms with Crippen molar-refractivity contribution < 1.29 is 0 Å². The number of aromatic amines is 1. The minimum absolute atomic E-state index is 0.840. The van der Waals surface area contributed by atoms with E-state index in [9.17, 15) is 0 Å². The number of rotatable bonds is 4. The summed E-state index contributed by atoms with van der Waals surface area (Å²) in [7, 11) is 0. The molecule has 3 heterocycles. The zero-order valence-corrected chi connectivity index (χ0v) is 20.6. The van der Waals surface area contributed by atoms with E-state index in [4.69, 9.17) is 0 Å². The number of nitrogens with one attached hydrogen (secondary N) is 2. The average molecular weight is 463 g/mol. The van der Waals surface area contributed by atoms with Gasteiger partial charge in [0.25, 0.3) is 0 Å². The summed E-state index contributed by atoms with van der Waals surface area (Å²) in [6.07, 6.45) is 2.66. The van der Waals surface area contributed by atoms with E-state index in [1.54, 1.807) is 17.7 Å². The van der Waals surface area contributed by atoms with Crippen LogP contribution in [0.25, 0.3) is 43.1 Å².